The van der Waals surface area contributed by atoms with Crippen LogP contribution in [0.3, 0.4) is 0 Å². The van der Waals surface area contributed by atoms with E-state index in [9.17, 15) is 0 Å². The molecule has 0 heterocycles. The van der Waals surface area contributed by atoms with Crippen molar-refractivity contribution in [1.82, 2.24) is 5.32 Å². The fourth-order valence-electron chi connectivity index (χ4n) is 1.41. The third kappa shape index (κ3) is 5.58. The van der Waals surface area contributed by atoms with Gasteiger partial charge in [0.1, 0.15) is 0 Å². The minimum Gasteiger partial charge on any atom is -0.383 e. The number of hydrogen-bond donors (Lipinski definition) is 2. The Bertz CT molecular complexity index is 146. The van der Waals surface area contributed by atoms with Gasteiger partial charge in [0, 0.05) is 12.6 Å². The lowest BCUT2D eigenvalue weighted by Crippen LogP contribution is -2.47. The molecule has 3 heteroatoms. The molecule has 0 rings (SSSR count). The van der Waals surface area contributed by atoms with Crippen LogP contribution in [0.15, 0.2) is 0 Å². The molecule has 0 saturated heterocycles. The van der Waals surface area contributed by atoms with Crippen LogP contribution in [0.2, 0.25) is 0 Å². The van der Waals surface area contributed by atoms with Crippen molar-refractivity contribution in [2.45, 2.75) is 33.2 Å². The third-order valence-corrected chi connectivity index (χ3v) is 2.59. The van der Waals surface area contributed by atoms with Crippen molar-refractivity contribution in [3.05, 3.63) is 0 Å². The third-order valence-electron chi connectivity index (χ3n) is 2.59. The highest BCUT2D eigenvalue weighted by Crippen LogP contribution is 2.10. The molecule has 0 bridgehead atoms. The maximum absolute atomic E-state index is 5.71. The summed E-state index contributed by atoms with van der Waals surface area (Å²) in [4.78, 5) is 0. The predicted molar refractivity (Wildman–Crippen MR) is 61.3 cm³/mol. The summed E-state index contributed by atoms with van der Waals surface area (Å²) in [6.07, 6.45) is 0. The molecule has 0 spiro atoms. The second-order valence-electron chi connectivity index (χ2n) is 4.94. The van der Waals surface area contributed by atoms with E-state index in [1.165, 1.54) is 0 Å². The van der Waals surface area contributed by atoms with Crippen LogP contribution in [0, 0.1) is 11.8 Å². The quantitative estimate of drug-likeness (QED) is 0.653. The van der Waals surface area contributed by atoms with Gasteiger partial charge in [0.05, 0.1) is 6.61 Å². The number of hydrogen-bond acceptors (Lipinski definition) is 3. The fraction of sp³-hybridized carbons (Fsp3) is 1.00. The van der Waals surface area contributed by atoms with Crippen molar-refractivity contribution in [3.63, 3.8) is 0 Å². The molecular formula is C11H26N2O. The van der Waals surface area contributed by atoms with Crippen LogP contribution in [0.25, 0.3) is 0 Å². The summed E-state index contributed by atoms with van der Waals surface area (Å²) in [7, 11) is 1.73. The molecule has 0 radical (unpaired) electrons. The molecule has 0 amide bonds. The summed E-state index contributed by atoms with van der Waals surface area (Å²) < 4.78 is 5.14. The molecule has 0 fully saturated rings. The first-order chi connectivity index (χ1) is 6.43. The summed E-state index contributed by atoms with van der Waals surface area (Å²) >= 11 is 0. The van der Waals surface area contributed by atoms with Gasteiger partial charge >= 0.3 is 0 Å². The van der Waals surface area contributed by atoms with E-state index < -0.39 is 0 Å². The lowest BCUT2D eigenvalue weighted by atomic mass is 9.94. The van der Waals surface area contributed by atoms with Crippen LogP contribution in [0.4, 0.5) is 0 Å². The molecular weight excluding hydrogens is 176 g/mol. The van der Waals surface area contributed by atoms with E-state index in [0.717, 1.165) is 19.7 Å². The van der Waals surface area contributed by atoms with E-state index in [-0.39, 0.29) is 5.54 Å². The Kier molecular flexibility index (Phi) is 6.33. The largest absolute Gasteiger partial charge is 0.383 e. The Morgan fingerprint density at radius 3 is 2.29 bits per heavy atom. The molecule has 1 unspecified atom stereocenters. The summed E-state index contributed by atoms with van der Waals surface area (Å²) in [6, 6.07) is 0. The number of nitrogens with two attached hydrogens (primary N) is 1. The second kappa shape index (κ2) is 6.38. The normalized spacial score (nSPS) is 14.8. The van der Waals surface area contributed by atoms with Gasteiger partial charge in [-0.1, -0.05) is 13.8 Å². The summed E-state index contributed by atoms with van der Waals surface area (Å²) in [6.45, 7) is 11.1. The molecule has 0 aliphatic rings. The van der Waals surface area contributed by atoms with E-state index in [4.69, 9.17) is 10.5 Å². The molecule has 86 valence electrons. The smallest absolute Gasteiger partial charge is 0.0639 e. The van der Waals surface area contributed by atoms with Crippen molar-refractivity contribution < 1.29 is 4.74 Å². The Labute approximate surface area is 88.4 Å². The van der Waals surface area contributed by atoms with Crippen LogP contribution >= 0.6 is 0 Å². The Morgan fingerprint density at radius 1 is 1.36 bits per heavy atom. The molecule has 14 heavy (non-hydrogen) atoms. The predicted octanol–water partition coefficient (Wildman–Crippen LogP) is 1.23. The Hall–Kier alpha value is -0.120. The number of ether oxygens (including phenoxy) is 1. The van der Waals surface area contributed by atoms with Crippen LogP contribution in [0.1, 0.15) is 27.7 Å². The molecule has 1 atom stereocenters. The highest BCUT2D eigenvalue weighted by atomic mass is 16.5. The lowest BCUT2D eigenvalue weighted by molar-refractivity contribution is 0.123. The van der Waals surface area contributed by atoms with Crippen LogP contribution in [-0.4, -0.2) is 32.3 Å². The number of rotatable bonds is 7. The van der Waals surface area contributed by atoms with Crippen molar-refractivity contribution >= 4 is 0 Å². The van der Waals surface area contributed by atoms with Gasteiger partial charge in [-0.25, -0.2) is 0 Å². The minimum atomic E-state index is 0.0388. The molecule has 0 saturated carbocycles. The van der Waals surface area contributed by atoms with Crippen LogP contribution < -0.4 is 11.1 Å². The Morgan fingerprint density at radius 2 is 1.93 bits per heavy atom. The summed E-state index contributed by atoms with van der Waals surface area (Å²) in [5, 5.41) is 3.49. The average molecular weight is 202 g/mol. The fourth-order valence-corrected chi connectivity index (χ4v) is 1.41. The standard InChI is InChI=1S/C11H26N2O/c1-9(2)10(6-12)7-13-11(3,4)8-14-5/h9-10,13H,6-8,12H2,1-5H3. The van der Waals surface area contributed by atoms with E-state index in [1.54, 1.807) is 7.11 Å². The number of methoxy groups -OCH3 is 1. The molecule has 0 aromatic carbocycles. The maximum Gasteiger partial charge on any atom is 0.0639 e. The van der Waals surface area contributed by atoms with Gasteiger partial charge in [-0.3, -0.25) is 0 Å². The molecule has 3 N–H and O–H groups in total. The maximum atomic E-state index is 5.71. The van der Waals surface area contributed by atoms with Crippen molar-refractivity contribution in [2.24, 2.45) is 17.6 Å². The Balaban J connectivity index is 3.89. The van der Waals surface area contributed by atoms with Gasteiger partial charge in [0.2, 0.25) is 0 Å². The molecule has 0 aromatic rings. The van der Waals surface area contributed by atoms with Gasteiger partial charge in [-0.2, -0.15) is 0 Å². The monoisotopic (exact) mass is 202 g/mol. The average Bonchev–Trinajstić information content (AvgIpc) is 2.04. The molecule has 0 aromatic heterocycles. The van der Waals surface area contributed by atoms with E-state index >= 15 is 0 Å². The van der Waals surface area contributed by atoms with Crippen molar-refractivity contribution in [1.29, 1.82) is 0 Å². The first-order valence-electron chi connectivity index (χ1n) is 5.37. The van der Waals surface area contributed by atoms with Crippen molar-refractivity contribution in [2.75, 3.05) is 26.8 Å². The highest BCUT2D eigenvalue weighted by Gasteiger charge is 2.19. The van der Waals surface area contributed by atoms with Gasteiger partial charge in [-0.05, 0) is 38.8 Å². The van der Waals surface area contributed by atoms with E-state index in [1.807, 2.05) is 0 Å². The molecule has 3 nitrogen and oxygen atoms in total. The van der Waals surface area contributed by atoms with Crippen molar-refractivity contribution in [3.8, 4) is 0 Å². The summed E-state index contributed by atoms with van der Waals surface area (Å²) in [5.41, 5.74) is 5.74. The zero-order chi connectivity index (χ0) is 11.2. The van der Waals surface area contributed by atoms with Gasteiger partial charge in [-0.15, -0.1) is 0 Å². The second-order valence-corrected chi connectivity index (χ2v) is 4.94. The van der Waals surface area contributed by atoms with Gasteiger partial charge < -0.3 is 15.8 Å². The molecule has 0 aliphatic heterocycles. The SMILES string of the molecule is COCC(C)(C)NCC(CN)C(C)C. The highest BCUT2D eigenvalue weighted by molar-refractivity contribution is 4.79. The number of nitrogens with one attached hydrogen (secondary N) is 1. The minimum absolute atomic E-state index is 0.0388. The van der Waals surface area contributed by atoms with E-state index in [0.29, 0.717) is 11.8 Å². The topological polar surface area (TPSA) is 47.3 Å². The zero-order valence-electron chi connectivity index (χ0n) is 10.3. The summed E-state index contributed by atoms with van der Waals surface area (Å²) in [5.74, 6) is 1.18. The first kappa shape index (κ1) is 13.9. The zero-order valence-corrected chi connectivity index (χ0v) is 10.3. The van der Waals surface area contributed by atoms with Crippen LogP contribution in [0.5, 0.6) is 0 Å². The van der Waals surface area contributed by atoms with Crippen LogP contribution in [-0.2, 0) is 4.74 Å². The lowest BCUT2D eigenvalue weighted by Gasteiger charge is -2.29. The van der Waals surface area contributed by atoms with Gasteiger partial charge in [0.25, 0.3) is 0 Å². The van der Waals surface area contributed by atoms with E-state index in [2.05, 4.69) is 33.0 Å². The molecule has 0 aliphatic carbocycles. The first-order valence-corrected chi connectivity index (χ1v) is 5.37. The van der Waals surface area contributed by atoms with Gasteiger partial charge in [0.15, 0.2) is 0 Å².